The highest BCUT2D eigenvalue weighted by molar-refractivity contribution is 5.77. The molecular formula is C25H17N7O2. The van der Waals surface area contributed by atoms with Gasteiger partial charge in [-0.05, 0) is 47.5 Å². The van der Waals surface area contributed by atoms with E-state index >= 15 is 0 Å². The van der Waals surface area contributed by atoms with E-state index in [-0.39, 0.29) is 10.6 Å². The van der Waals surface area contributed by atoms with Crippen LogP contribution in [-0.2, 0) is 0 Å². The Hall–Kier alpha value is -4.92. The first-order valence-electron chi connectivity index (χ1n) is 10.6. The third kappa shape index (κ3) is 3.18. The van der Waals surface area contributed by atoms with Crippen LogP contribution in [0.2, 0.25) is 0 Å². The number of benzene rings is 4. The maximum absolute atomic E-state index is 11.8. The molecule has 0 aliphatic carbocycles. The van der Waals surface area contributed by atoms with Gasteiger partial charge in [0.25, 0.3) is 5.69 Å². The van der Waals surface area contributed by atoms with Gasteiger partial charge in [0, 0.05) is 6.07 Å². The van der Waals surface area contributed by atoms with E-state index in [1.165, 1.54) is 6.07 Å². The summed E-state index contributed by atoms with van der Waals surface area (Å²) in [6.07, 6.45) is -0.567. The second-order valence-corrected chi connectivity index (χ2v) is 7.82. The zero-order valence-corrected chi connectivity index (χ0v) is 17.8. The van der Waals surface area contributed by atoms with Gasteiger partial charge >= 0.3 is 0 Å². The Morgan fingerprint density at radius 2 is 1.26 bits per heavy atom. The topological polar surface area (TPSA) is 105 Å². The fourth-order valence-electron chi connectivity index (χ4n) is 4.24. The lowest BCUT2D eigenvalue weighted by atomic mass is 9.99. The summed E-state index contributed by atoms with van der Waals surface area (Å²) in [5.41, 5.74) is 5.16. The molecule has 164 valence electrons. The smallest absolute Gasteiger partial charge is 0.258 e. The first-order valence-corrected chi connectivity index (χ1v) is 10.6. The lowest BCUT2D eigenvalue weighted by Gasteiger charge is -2.20. The molecular weight excluding hydrogens is 430 g/mol. The molecule has 0 N–H and O–H groups in total. The highest BCUT2D eigenvalue weighted by atomic mass is 16.6. The van der Waals surface area contributed by atoms with Gasteiger partial charge in [-0.15, -0.1) is 10.2 Å². The molecule has 0 unspecified atom stereocenters. The summed E-state index contributed by atoms with van der Waals surface area (Å²) in [4.78, 5) is 11.5. The third-order valence-electron chi connectivity index (χ3n) is 5.82. The van der Waals surface area contributed by atoms with Crippen molar-refractivity contribution in [2.45, 2.75) is 6.17 Å². The van der Waals surface area contributed by atoms with E-state index in [0.29, 0.717) is 5.56 Å². The number of hydrogen-bond acceptors (Lipinski definition) is 6. The normalized spacial score (nSPS) is 11.4. The first-order chi connectivity index (χ1) is 16.7. The van der Waals surface area contributed by atoms with Gasteiger partial charge in [0.1, 0.15) is 11.0 Å². The van der Waals surface area contributed by atoms with Crippen molar-refractivity contribution in [2.75, 3.05) is 0 Å². The average molecular weight is 447 g/mol. The average Bonchev–Trinajstić information content (AvgIpc) is 3.50. The molecule has 0 saturated carbocycles. The monoisotopic (exact) mass is 447 g/mol. The summed E-state index contributed by atoms with van der Waals surface area (Å²) < 4.78 is 3.54. The number of aromatic nitrogens is 6. The van der Waals surface area contributed by atoms with Crippen LogP contribution in [0, 0.1) is 10.1 Å². The van der Waals surface area contributed by atoms with Crippen molar-refractivity contribution in [3.8, 4) is 11.1 Å². The summed E-state index contributed by atoms with van der Waals surface area (Å²) in [5.74, 6) is 0. The van der Waals surface area contributed by atoms with Crippen LogP contribution in [-0.4, -0.2) is 34.9 Å². The molecule has 9 nitrogen and oxygen atoms in total. The molecule has 6 aromatic rings. The molecule has 2 aromatic heterocycles. The first kappa shape index (κ1) is 19.7. The van der Waals surface area contributed by atoms with Crippen LogP contribution in [0.1, 0.15) is 11.7 Å². The number of nitro groups is 1. The van der Waals surface area contributed by atoms with E-state index in [9.17, 15) is 10.1 Å². The number of hydrogen-bond donors (Lipinski definition) is 0. The standard InChI is InChI=1S/C25H17N7O2/c33-32(34)22-15-14-18(16-19(22)17-8-2-1-3-9-17)25(30-23-12-6-4-10-20(23)26-28-30)31-24-13-7-5-11-21(24)27-29-31/h1-16,25H. The lowest BCUT2D eigenvalue weighted by molar-refractivity contribution is -0.384. The molecule has 0 radical (unpaired) electrons. The zero-order valence-electron chi connectivity index (χ0n) is 17.8. The fraction of sp³-hybridized carbons (Fsp3) is 0.0400. The van der Waals surface area contributed by atoms with Gasteiger partial charge in [-0.3, -0.25) is 10.1 Å². The molecule has 0 fully saturated rings. The van der Waals surface area contributed by atoms with Gasteiger partial charge in [-0.25, -0.2) is 9.36 Å². The Kier molecular flexibility index (Phi) is 4.58. The Morgan fingerprint density at radius 3 is 1.85 bits per heavy atom. The number of rotatable bonds is 5. The highest BCUT2D eigenvalue weighted by Crippen LogP contribution is 2.35. The Balaban J connectivity index is 1.63. The van der Waals surface area contributed by atoms with Gasteiger partial charge in [0.15, 0.2) is 6.17 Å². The van der Waals surface area contributed by atoms with E-state index in [2.05, 4.69) is 20.6 Å². The Bertz CT molecular complexity index is 1580. The minimum Gasteiger partial charge on any atom is -0.258 e. The molecule has 0 amide bonds. The van der Waals surface area contributed by atoms with Crippen LogP contribution in [0.5, 0.6) is 0 Å². The molecule has 34 heavy (non-hydrogen) atoms. The molecule has 0 spiro atoms. The minimum atomic E-state index is -0.567. The maximum atomic E-state index is 11.8. The van der Waals surface area contributed by atoms with E-state index in [0.717, 1.165) is 33.2 Å². The quantitative estimate of drug-likeness (QED) is 0.276. The van der Waals surface area contributed by atoms with Gasteiger partial charge in [-0.1, -0.05) is 65.0 Å². The van der Waals surface area contributed by atoms with E-state index in [4.69, 9.17) is 0 Å². The molecule has 0 atom stereocenters. The summed E-state index contributed by atoms with van der Waals surface area (Å²) in [5, 5.41) is 29.4. The maximum Gasteiger partial charge on any atom is 0.277 e. The Morgan fingerprint density at radius 1 is 0.706 bits per heavy atom. The predicted molar refractivity (Wildman–Crippen MR) is 127 cm³/mol. The van der Waals surface area contributed by atoms with Crippen molar-refractivity contribution in [1.29, 1.82) is 0 Å². The van der Waals surface area contributed by atoms with Crippen LogP contribution < -0.4 is 0 Å². The molecule has 0 aliphatic rings. The summed E-state index contributed by atoms with van der Waals surface area (Å²) in [6, 6.07) is 29.7. The summed E-state index contributed by atoms with van der Waals surface area (Å²) >= 11 is 0. The molecule has 0 aliphatic heterocycles. The van der Waals surface area contributed by atoms with Crippen LogP contribution in [0.15, 0.2) is 97.1 Å². The van der Waals surface area contributed by atoms with Crippen molar-refractivity contribution in [3.63, 3.8) is 0 Å². The molecule has 0 bridgehead atoms. The highest BCUT2D eigenvalue weighted by Gasteiger charge is 2.26. The van der Waals surface area contributed by atoms with Crippen molar-refractivity contribution in [2.24, 2.45) is 0 Å². The third-order valence-corrected chi connectivity index (χ3v) is 5.82. The van der Waals surface area contributed by atoms with Crippen LogP contribution in [0.25, 0.3) is 33.2 Å². The predicted octanol–water partition coefficient (Wildman–Crippen LogP) is 4.85. The van der Waals surface area contributed by atoms with Gasteiger partial charge < -0.3 is 0 Å². The van der Waals surface area contributed by atoms with Crippen molar-refractivity contribution in [3.05, 3.63) is 113 Å². The molecule has 9 heteroatoms. The van der Waals surface area contributed by atoms with Gasteiger partial charge in [0.05, 0.1) is 21.5 Å². The SMILES string of the molecule is O=[N+]([O-])c1ccc(C(n2nnc3ccccc32)n2nnc3ccccc32)cc1-c1ccccc1. The molecule has 0 saturated heterocycles. The van der Waals surface area contributed by atoms with Crippen LogP contribution >= 0.6 is 0 Å². The fourth-order valence-corrected chi connectivity index (χ4v) is 4.24. The second kappa shape index (κ2) is 7.89. The Labute approximate surface area is 193 Å². The largest absolute Gasteiger partial charge is 0.277 e. The summed E-state index contributed by atoms with van der Waals surface area (Å²) in [6.45, 7) is 0. The minimum absolute atomic E-state index is 0.0283. The lowest BCUT2D eigenvalue weighted by Crippen LogP contribution is -2.22. The number of fused-ring (bicyclic) bond motifs is 2. The second-order valence-electron chi connectivity index (χ2n) is 7.82. The van der Waals surface area contributed by atoms with Crippen LogP contribution in [0.4, 0.5) is 5.69 Å². The van der Waals surface area contributed by atoms with Crippen molar-refractivity contribution >= 4 is 27.8 Å². The van der Waals surface area contributed by atoms with E-state index in [1.807, 2.05) is 84.9 Å². The van der Waals surface area contributed by atoms with E-state index < -0.39 is 6.17 Å². The van der Waals surface area contributed by atoms with Gasteiger partial charge in [-0.2, -0.15) is 0 Å². The number of nitrogens with zero attached hydrogens (tertiary/aromatic N) is 7. The van der Waals surface area contributed by atoms with E-state index in [1.54, 1.807) is 15.4 Å². The molecule has 6 rings (SSSR count). The molecule has 4 aromatic carbocycles. The van der Waals surface area contributed by atoms with Crippen molar-refractivity contribution in [1.82, 2.24) is 30.0 Å². The summed E-state index contributed by atoms with van der Waals surface area (Å²) in [7, 11) is 0. The number of nitro benzene ring substituents is 1. The van der Waals surface area contributed by atoms with Crippen molar-refractivity contribution < 1.29 is 4.92 Å². The van der Waals surface area contributed by atoms with Gasteiger partial charge in [0.2, 0.25) is 0 Å². The van der Waals surface area contributed by atoms with Crippen LogP contribution in [0.3, 0.4) is 0 Å². The zero-order chi connectivity index (χ0) is 23.1. The molecule has 2 heterocycles. The number of para-hydroxylation sites is 2.